The van der Waals surface area contributed by atoms with E-state index in [0.29, 0.717) is 0 Å². The lowest BCUT2D eigenvalue weighted by atomic mass is 10.1. The van der Waals surface area contributed by atoms with Crippen molar-refractivity contribution in [2.75, 3.05) is 5.75 Å². The number of hydrogen-bond donors (Lipinski definition) is 0. The van der Waals surface area contributed by atoms with Gasteiger partial charge in [-0.2, -0.15) is 0 Å². The van der Waals surface area contributed by atoms with Crippen molar-refractivity contribution in [1.82, 2.24) is 0 Å². The van der Waals surface area contributed by atoms with Gasteiger partial charge in [0.15, 0.2) is 0 Å². The predicted molar refractivity (Wildman–Crippen MR) is 113 cm³/mol. The van der Waals surface area contributed by atoms with E-state index in [4.69, 9.17) is 17.7 Å². The molecule has 138 valence electrons. The lowest BCUT2D eigenvalue weighted by molar-refractivity contribution is -0.119. The van der Waals surface area contributed by atoms with Gasteiger partial charge in [-0.25, -0.2) is 0 Å². The van der Waals surface area contributed by atoms with Gasteiger partial charge in [0.05, 0.1) is 4.75 Å². The molecular formula is C17H31N3OS3. The molecule has 0 bridgehead atoms. The van der Waals surface area contributed by atoms with E-state index in [1.54, 1.807) is 25.6 Å². The van der Waals surface area contributed by atoms with Crippen molar-refractivity contribution in [3.05, 3.63) is 10.4 Å². The number of hydrogen-bond acceptors (Lipinski definition) is 4. The molecule has 0 unspecified atom stereocenters. The van der Waals surface area contributed by atoms with Crippen LogP contribution in [0.5, 0.6) is 0 Å². The first kappa shape index (κ1) is 23.8. The minimum absolute atomic E-state index is 0.475. The second kappa shape index (κ2) is 15.1. The smallest absolute Gasteiger partial charge is 0.234 e. The normalized spacial score (nSPS) is 11.1. The van der Waals surface area contributed by atoms with Crippen molar-refractivity contribution in [3.8, 4) is 0 Å². The summed E-state index contributed by atoms with van der Waals surface area (Å²) in [5.74, 6) is 0.519. The Morgan fingerprint density at radius 3 is 2.04 bits per heavy atom. The van der Waals surface area contributed by atoms with E-state index in [2.05, 4.69) is 16.9 Å². The summed E-state index contributed by atoms with van der Waals surface area (Å²) in [5, 5.41) is 3.16. The van der Waals surface area contributed by atoms with Crippen LogP contribution in [0.2, 0.25) is 0 Å². The number of thioether (sulfide) groups is 2. The second-order valence-electron chi connectivity index (χ2n) is 6.39. The first-order valence-corrected chi connectivity index (χ1v) is 11.1. The number of carbonyl (C=O) groups excluding carboxylic acids is 1. The van der Waals surface area contributed by atoms with Gasteiger partial charge in [-0.05, 0) is 36.7 Å². The van der Waals surface area contributed by atoms with E-state index in [1.807, 2.05) is 0 Å². The Morgan fingerprint density at radius 2 is 1.54 bits per heavy atom. The van der Waals surface area contributed by atoms with Crippen LogP contribution < -0.4 is 0 Å². The van der Waals surface area contributed by atoms with Crippen LogP contribution >= 0.6 is 35.7 Å². The van der Waals surface area contributed by atoms with E-state index in [9.17, 15) is 4.79 Å². The van der Waals surface area contributed by atoms with Crippen molar-refractivity contribution in [2.45, 2.75) is 89.7 Å². The highest BCUT2D eigenvalue weighted by atomic mass is 32.2. The predicted octanol–water partition coefficient (Wildman–Crippen LogP) is 7.27. The minimum atomic E-state index is -0.784. The van der Waals surface area contributed by atoms with Gasteiger partial charge in [0, 0.05) is 4.91 Å². The van der Waals surface area contributed by atoms with Crippen molar-refractivity contribution in [2.24, 2.45) is 5.11 Å². The molecule has 0 spiro atoms. The number of carbonyl (C=O) groups is 1. The van der Waals surface area contributed by atoms with Crippen LogP contribution in [0.15, 0.2) is 5.11 Å². The van der Waals surface area contributed by atoms with E-state index in [-0.39, 0.29) is 0 Å². The Hall–Kier alpha value is -0.230. The fourth-order valence-electron chi connectivity index (χ4n) is 2.19. The Morgan fingerprint density at radius 1 is 1.04 bits per heavy atom. The highest BCUT2D eigenvalue weighted by Crippen LogP contribution is 2.32. The van der Waals surface area contributed by atoms with Crippen molar-refractivity contribution >= 4 is 45.2 Å². The third kappa shape index (κ3) is 13.1. The summed E-state index contributed by atoms with van der Waals surface area (Å²) in [6, 6.07) is 0. The molecule has 0 saturated heterocycles. The number of thiocarbonyl (C=S) groups is 1. The zero-order valence-electron chi connectivity index (χ0n) is 15.3. The van der Waals surface area contributed by atoms with Crippen LogP contribution in [0, 0.1) is 0 Å². The maximum atomic E-state index is 11.6. The quantitative estimate of drug-likeness (QED) is 0.109. The molecule has 4 nitrogen and oxygen atoms in total. The third-order valence-electron chi connectivity index (χ3n) is 3.71. The van der Waals surface area contributed by atoms with Crippen LogP contribution in [0.3, 0.4) is 0 Å². The zero-order chi connectivity index (χ0) is 18.3. The largest absolute Gasteiger partial charge is 0.291 e. The van der Waals surface area contributed by atoms with Crippen LogP contribution in [0.1, 0.15) is 85.0 Å². The Bertz CT molecular complexity index is 421. The summed E-state index contributed by atoms with van der Waals surface area (Å²) in [5.41, 5.74) is 8.34. The van der Waals surface area contributed by atoms with Gasteiger partial charge in [-0.15, -0.1) is 11.8 Å². The van der Waals surface area contributed by atoms with Gasteiger partial charge < -0.3 is 0 Å². The summed E-state index contributed by atoms with van der Waals surface area (Å²) < 4.78 is -0.0360. The van der Waals surface area contributed by atoms with Gasteiger partial charge in [-0.3, -0.25) is 4.79 Å². The average Bonchev–Trinajstić information content (AvgIpc) is 2.52. The Kier molecular flexibility index (Phi) is 14.9. The Labute approximate surface area is 160 Å². The molecular weight excluding hydrogens is 358 g/mol. The molecule has 24 heavy (non-hydrogen) atoms. The van der Waals surface area contributed by atoms with Crippen molar-refractivity contribution in [1.29, 1.82) is 0 Å². The molecule has 7 heteroatoms. The lowest BCUT2D eigenvalue weighted by Crippen LogP contribution is -2.26. The number of unbranched alkanes of at least 4 members (excludes halogenated alkanes) is 9. The summed E-state index contributed by atoms with van der Waals surface area (Å²) in [4.78, 5) is 14.2. The van der Waals surface area contributed by atoms with Gasteiger partial charge in [0.25, 0.3) is 0 Å². The Balaban J connectivity index is 3.59. The monoisotopic (exact) mass is 389 g/mol. The van der Waals surface area contributed by atoms with Gasteiger partial charge >= 0.3 is 0 Å². The molecule has 0 heterocycles. The molecule has 0 aromatic rings. The first-order chi connectivity index (χ1) is 11.4. The van der Waals surface area contributed by atoms with Gasteiger partial charge in [0.1, 0.15) is 3.53 Å². The minimum Gasteiger partial charge on any atom is -0.291 e. The van der Waals surface area contributed by atoms with Crippen LogP contribution in [0.25, 0.3) is 10.4 Å². The standard InChI is InChI=1S/C17H31N3OS3/c1-4-5-6-7-8-9-10-11-12-13-14-23-16(22)24-17(2,3)15(21)19-20-18/h4-14H2,1-3H3. The van der Waals surface area contributed by atoms with E-state index in [0.717, 1.165) is 15.7 Å². The van der Waals surface area contributed by atoms with Crippen molar-refractivity contribution < 1.29 is 4.79 Å². The molecule has 0 fully saturated rings. The van der Waals surface area contributed by atoms with Crippen LogP contribution in [0.4, 0.5) is 0 Å². The van der Waals surface area contributed by atoms with E-state index in [1.165, 1.54) is 69.5 Å². The molecule has 0 atom stereocenters. The number of nitrogens with zero attached hydrogens (tertiary/aromatic N) is 3. The molecule has 0 radical (unpaired) electrons. The number of amides is 1. The summed E-state index contributed by atoms with van der Waals surface area (Å²) in [6.45, 7) is 5.73. The molecule has 0 N–H and O–H groups in total. The summed E-state index contributed by atoms with van der Waals surface area (Å²) >= 11 is 8.25. The lowest BCUT2D eigenvalue weighted by Gasteiger charge is -2.19. The fourth-order valence-corrected chi connectivity index (χ4v) is 5.23. The molecule has 0 aliphatic rings. The molecule has 0 saturated carbocycles. The SMILES string of the molecule is CCCCCCCCCCCCSC(=S)SC(C)(C)C(=O)N=[N+]=[N-]. The topological polar surface area (TPSA) is 65.8 Å². The van der Waals surface area contributed by atoms with Crippen LogP contribution in [-0.4, -0.2) is 19.9 Å². The summed E-state index contributed by atoms with van der Waals surface area (Å²) in [6.07, 6.45) is 13.3. The fraction of sp³-hybridized carbons (Fsp3) is 0.882. The average molecular weight is 390 g/mol. The highest BCUT2D eigenvalue weighted by Gasteiger charge is 2.28. The van der Waals surface area contributed by atoms with Crippen molar-refractivity contribution in [3.63, 3.8) is 0 Å². The second-order valence-corrected chi connectivity index (χ2v) is 10.3. The highest BCUT2D eigenvalue weighted by molar-refractivity contribution is 8.47. The molecule has 0 rings (SSSR count). The van der Waals surface area contributed by atoms with E-state index >= 15 is 0 Å². The molecule has 0 aliphatic carbocycles. The third-order valence-corrected chi connectivity index (χ3v) is 6.49. The number of azide groups is 1. The van der Waals surface area contributed by atoms with Crippen LogP contribution in [-0.2, 0) is 4.79 Å². The maximum absolute atomic E-state index is 11.6. The molecule has 0 aliphatic heterocycles. The molecule has 1 amide bonds. The van der Waals surface area contributed by atoms with Gasteiger partial charge in [0.2, 0.25) is 5.91 Å². The molecule has 0 aromatic heterocycles. The summed E-state index contributed by atoms with van der Waals surface area (Å²) in [7, 11) is 0. The van der Waals surface area contributed by atoms with Gasteiger partial charge in [-0.1, -0.05) is 88.7 Å². The van der Waals surface area contributed by atoms with E-state index < -0.39 is 10.7 Å². The molecule has 0 aromatic carbocycles. The number of rotatable bonds is 13. The first-order valence-electron chi connectivity index (χ1n) is 8.89. The zero-order valence-corrected chi connectivity index (χ0v) is 17.7. The maximum Gasteiger partial charge on any atom is 0.234 e.